The van der Waals surface area contributed by atoms with Crippen LogP contribution in [-0.2, 0) is 21.6 Å². The van der Waals surface area contributed by atoms with Crippen molar-refractivity contribution in [3.05, 3.63) is 30.2 Å². The number of carbonyl (C=O) groups is 1. The number of aryl methyl sites for hydroxylation is 1. The van der Waals surface area contributed by atoms with Gasteiger partial charge in [-0.05, 0) is 32.9 Å². The van der Waals surface area contributed by atoms with Gasteiger partial charge in [0.25, 0.3) is 0 Å². The van der Waals surface area contributed by atoms with Gasteiger partial charge in [-0.25, -0.2) is 17.7 Å². The second-order valence-corrected chi connectivity index (χ2v) is 10.3. The largest absolute Gasteiger partial charge is 0.488 e. The van der Waals surface area contributed by atoms with E-state index in [2.05, 4.69) is 10.2 Å². The van der Waals surface area contributed by atoms with Gasteiger partial charge >= 0.3 is 5.97 Å². The third-order valence-electron chi connectivity index (χ3n) is 4.58. The number of sulfone groups is 1. The molecule has 0 unspecified atom stereocenters. The number of carbonyl (C=O) groups excluding carboxylic acids is 1. The summed E-state index contributed by atoms with van der Waals surface area (Å²) >= 11 is 0. The smallest absolute Gasteiger partial charge is 0.356 e. The Balaban J connectivity index is 2.24. The number of hydrogen-bond donors (Lipinski definition) is 1. The number of pyridine rings is 1. The van der Waals surface area contributed by atoms with E-state index in [1.807, 2.05) is 0 Å². The van der Waals surface area contributed by atoms with Gasteiger partial charge in [0.15, 0.2) is 15.6 Å². The van der Waals surface area contributed by atoms with Crippen LogP contribution in [0.4, 0.5) is 0 Å². The second-order valence-electron chi connectivity index (χ2n) is 7.61. The highest BCUT2D eigenvalue weighted by molar-refractivity contribution is 7.92. The quantitative estimate of drug-likeness (QED) is 0.576. The van der Waals surface area contributed by atoms with Crippen LogP contribution in [0.2, 0.25) is 0 Å². The van der Waals surface area contributed by atoms with Crippen LogP contribution < -0.4 is 4.74 Å². The lowest BCUT2D eigenvalue weighted by molar-refractivity contribution is 0.0588. The molecule has 1 N–H and O–H groups in total. The number of rotatable bonds is 6. The minimum Gasteiger partial charge on any atom is -0.488 e. The lowest BCUT2D eigenvalue weighted by atomic mass is 10.2. The summed E-state index contributed by atoms with van der Waals surface area (Å²) in [5.74, 6) is -0.444. The van der Waals surface area contributed by atoms with E-state index in [1.54, 1.807) is 33.9 Å². The van der Waals surface area contributed by atoms with E-state index >= 15 is 0 Å². The summed E-state index contributed by atoms with van der Waals surface area (Å²) in [4.78, 5) is 11.9. The third-order valence-corrected chi connectivity index (χ3v) is 7.09. The summed E-state index contributed by atoms with van der Waals surface area (Å²) < 4.78 is 38.4. The van der Waals surface area contributed by atoms with E-state index in [1.165, 1.54) is 34.8 Å². The molecule has 3 aromatic heterocycles. The molecule has 0 aliphatic heterocycles. The average Bonchev–Trinajstić information content (AvgIpc) is 3.26. The van der Waals surface area contributed by atoms with Gasteiger partial charge in [-0.3, -0.25) is 4.68 Å². The predicted octanol–water partition coefficient (Wildman–Crippen LogP) is 1.46. The minimum absolute atomic E-state index is 0.0122. The average molecular weight is 436 g/mol. The number of methoxy groups -OCH3 is 1. The van der Waals surface area contributed by atoms with Gasteiger partial charge in [-0.2, -0.15) is 10.2 Å². The first kappa shape index (κ1) is 21.8. The van der Waals surface area contributed by atoms with Gasteiger partial charge in [0.05, 0.1) is 42.1 Å². The van der Waals surface area contributed by atoms with Gasteiger partial charge in [-0.15, -0.1) is 0 Å². The highest BCUT2D eigenvalue weighted by Gasteiger charge is 2.34. The molecule has 0 fully saturated rings. The van der Waals surface area contributed by atoms with Crippen molar-refractivity contribution in [3.63, 3.8) is 0 Å². The fraction of sp³-hybridized carbons (Fsp3) is 0.421. The maximum absolute atomic E-state index is 13.2. The molecule has 0 atom stereocenters. The second kappa shape index (κ2) is 7.73. The summed E-state index contributed by atoms with van der Waals surface area (Å²) in [5.41, 5.74) is 1.71. The molecule has 0 aliphatic carbocycles. The number of nitrogens with zero attached hydrogens (tertiary/aromatic N) is 4. The van der Waals surface area contributed by atoms with E-state index < -0.39 is 20.6 Å². The van der Waals surface area contributed by atoms with E-state index in [0.29, 0.717) is 16.8 Å². The zero-order chi connectivity index (χ0) is 22.3. The number of ether oxygens (including phenoxy) is 2. The van der Waals surface area contributed by atoms with Gasteiger partial charge in [0.1, 0.15) is 17.2 Å². The Hall–Kier alpha value is -2.92. The molecule has 0 aromatic carbocycles. The Morgan fingerprint density at radius 1 is 1.27 bits per heavy atom. The van der Waals surface area contributed by atoms with Gasteiger partial charge in [0, 0.05) is 12.6 Å². The lowest BCUT2D eigenvalue weighted by Gasteiger charge is -2.21. The Morgan fingerprint density at radius 2 is 1.97 bits per heavy atom. The van der Waals surface area contributed by atoms with Crippen molar-refractivity contribution in [1.29, 1.82) is 0 Å². The Bertz CT molecular complexity index is 1200. The van der Waals surface area contributed by atoms with E-state index in [0.717, 1.165) is 0 Å². The SMILES string of the molecule is COC(=O)c1cc(-c2cnn3cc(OCCO)c(S(=O)(=O)C(C)(C)C)cc23)nn1C. The number of fused-ring (bicyclic) bond motifs is 1. The van der Waals surface area contributed by atoms with Crippen LogP contribution in [0, 0.1) is 0 Å². The van der Waals surface area contributed by atoms with Gasteiger partial charge in [-0.1, -0.05) is 0 Å². The molecule has 10 nitrogen and oxygen atoms in total. The monoisotopic (exact) mass is 436 g/mol. The fourth-order valence-electron chi connectivity index (χ4n) is 2.88. The summed E-state index contributed by atoms with van der Waals surface area (Å²) in [5, 5.41) is 17.7. The number of aromatic nitrogens is 4. The normalized spacial score (nSPS) is 12.3. The summed E-state index contributed by atoms with van der Waals surface area (Å²) in [6.07, 6.45) is 2.99. The van der Waals surface area contributed by atoms with Crippen molar-refractivity contribution >= 4 is 21.3 Å². The van der Waals surface area contributed by atoms with Crippen molar-refractivity contribution in [1.82, 2.24) is 19.4 Å². The molecule has 162 valence electrons. The van der Waals surface area contributed by atoms with Crippen LogP contribution in [-0.4, -0.2) is 64.0 Å². The van der Waals surface area contributed by atoms with Crippen LogP contribution in [0.25, 0.3) is 16.8 Å². The predicted molar refractivity (Wildman–Crippen MR) is 108 cm³/mol. The third kappa shape index (κ3) is 3.65. The molecule has 0 amide bonds. The molecule has 0 radical (unpaired) electrons. The van der Waals surface area contributed by atoms with Crippen molar-refractivity contribution in [2.24, 2.45) is 7.05 Å². The first-order chi connectivity index (χ1) is 14.0. The van der Waals surface area contributed by atoms with Gasteiger partial charge < -0.3 is 14.6 Å². The van der Waals surface area contributed by atoms with Crippen LogP contribution in [0.1, 0.15) is 31.3 Å². The molecule has 0 saturated carbocycles. The van der Waals surface area contributed by atoms with Crippen molar-refractivity contribution in [2.45, 2.75) is 30.4 Å². The van der Waals surface area contributed by atoms with Crippen molar-refractivity contribution in [3.8, 4) is 17.0 Å². The highest BCUT2D eigenvalue weighted by atomic mass is 32.2. The topological polar surface area (TPSA) is 125 Å². The van der Waals surface area contributed by atoms with E-state index in [4.69, 9.17) is 14.6 Å². The summed E-state index contributed by atoms with van der Waals surface area (Å²) in [6, 6.07) is 3.03. The highest BCUT2D eigenvalue weighted by Crippen LogP contribution is 2.35. The van der Waals surface area contributed by atoms with Crippen LogP contribution in [0.15, 0.2) is 29.4 Å². The minimum atomic E-state index is -3.77. The van der Waals surface area contributed by atoms with Crippen LogP contribution in [0.3, 0.4) is 0 Å². The Labute approximate surface area is 173 Å². The summed E-state index contributed by atoms with van der Waals surface area (Å²) in [7, 11) is -0.885. The lowest BCUT2D eigenvalue weighted by Crippen LogP contribution is -2.28. The van der Waals surface area contributed by atoms with E-state index in [-0.39, 0.29) is 29.6 Å². The molecule has 3 rings (SSSR count). The molecule has 11 heteroatoms. The maximum Gasteiger partial charge on any atom is 0.356 e. The van der Waals surface area contributed by atoms with Crippen LogP contribution in [0.5, 0.6) is 5.75 Å². The number of hydrogen-bond acceptors (Lipinski definition) is 8. The molecule has 3 aromatic rings. The molecule has 0 aliphatic rings. The zero-order valence-electron chi connectivity index (χ0n) is 17.4. The van der Waals surface area contributed by atoms with Crippen LogP contribution >= 0.6 is 0 Å². The number of esters is 1. The number of aliphatic hydroxyl groups excluding tert-OH is 1. The first-order valence-corrected chi connectivity index (χ1v) is 10.6. The number of aliphatic hydroxyl groups is 1. The Kier molecular flexibility index (Phi) is 5.61. The molecule has 30 heavy (non-hydrogen) atoms. The van der Waals surface area contributed by atoms with E-state index in [9.17, 15) is 13.2 Å². The molecule has 0 spiro atoms. The summed E-state index contributed by atoms with van der Waals surface area (Å²) in [6.45, 7) is 4.47. The van der Waals surface area contributed by atoms with Crippen molar-refractivity contribution in [2.75, 3.05) is 20.3 Å². The maximum atomic E-state index is 13.2. The molecule has 0 bridgehead atoms. The molecular weight excluding hydrogens is 412 g/mol. The molecular formula is C19H24N4O6S. The Morgan fingerprint density at radius 3 is 2.57 bits per heavy atom. The zero-order valence-corrected chi connectivity index (χ0v) is 18.2. The fourth-order valence-corrected chi connectivity index (χ4v) is 4.19. The first-order valence-electron chi connectivity index (χ1n) is 9.13. The van der Waals surface area contributed by atoms with Crippen molar-refractivity contribution < 1.29 is 27.8 Å². The standard InChI is InChI=1S/C19H24N4O6S/c1-19(2,3)30(26,27)17-9-14-12(10-20-23(14)11-16(17)29-7-6-24)13-8-15(18(25)28-5)22(4)21-13/h8-11,24H,6-7H2,1-5H3. The van der Waals surface area contributed by atoms with Gasteiger partial charge in [0.2, 0.25) is 0 Å². The molecule has 3 heterocycles. The molecule has 0 saturated heterocycles.